The monoisotopic (exact) mass is 233 g/mol. The summed E-state index contributed by atoms with van der Waals surface area (Å²) in [6.45, 7) is 0. The molecule has 0 spiro atoms. The highest BCUT2D eigenvalue weighted by Gasteiger charge is 2.52. The van der Waals surface area contributed by atoms with E-state index in [9.17, 15) is 4.79 Å². The Morgan fingerprint density at radius 3 is 2.12 bits per heavy atom. The van der Waals surface area contributed by atoms with E-state index in [1.807, 2.05) is 4.57 Å². The number of rotatable bonds is 1. The summed E-state index contributed by atoms with van der Waals surface area (Å²) < 4.78 is 1.87. The van der Waals surface area contributed by atoms with Gasteiger partial charge >= 0.3 is 5.69 Å². The number of aromatic amines is 1. The number of aromatic nitrogens is 2. The second-order valence-electron chi connectivity index (χ2n) is 6.50. The van der Waals surface area contributed by atoms with Crippen molar-refractivity contribution in [2.45, 2.75) is 44.1 Å². The van der Waals surface area contributed by atoms with Crippen LogP contribution < -0.4 is 11.4 Å². The van der Waals surface area contributed by atoms with Crippen LogP contribution in [0.1, 0.15) is 38.5 Å². The predicted molar refractivity (Wildman–Crippen MR) is 65.6 cm³/mol. The lowest BCUT2D eigenvalue weighted by atomic mass is 9.53. The minimum Gasteiger partial charge on any atom is -0.384 e. The van der Waals surface area contributed by atoms with Crippen molar-refractivity contribution in [3.63, 3.8) is 0 Å². The first kappa shape index (κ1) is 9.80. The van der Waals surface area contributed by atoms with Gasteiger partial charge in [0.05, 0.1) is 5.54 Å². The summed E-state index contributed by atoms with van der Waals surface area (Å²) in [5, 5.41) is 0. The third-order valence-electron chi connectivity index (χ3n) is 5.29. The summed E-state index contributed by atoms with van der Waals surface area (Å²) in [4.78, 5) is 14.7. The molecule has 1 aromatic rings. The molecular formula is C13H19N3O. The van der Waals surface area contributed by atoms with Gasteiger partial charge in [-0.2, -0.15) is 0 Å². The highest BCUT2D eigenvalue weighted by molar-refractivity contribution is 5.28. The van der Waals surface area contributed by atoms with Gasteiger partial charge in [0.1, 0.15) is 5.82 Å². The van der Waals surface area contributed by atoms with E-state index in [0.29, 0.717) is 5.82 Å². The van der Waals surface area contributed by atoms with Crippen LogP contribution in [0.25, 0.3) is 0 Å². The molecule has 92 valence electrons. The Bertz CT molecular complexity index is 478. The summed E-state index contributed by atoms with van der Waals surface area (Å²) in [6.07, 6.45) is 9.32. The Balaban J connectivity index is 1.85. The molecular weight excluding hydrogens is 214 g/mol. The lowest BCUT2D eigenvalue weighted by molar-refractivity contribution is -0.0435. The van der Waals surface area contributed by atoms with Crippen molar-refractivity contribution in [3.8, 4) is 0 Å². The molecule has 0 unspecified atom stereocenters. The largest absolute Gasteiger partial charge is 0.384 e. The van der Waals surface area contributed by atoms with Crippen molar-refractivity contribution in [3.05, 3.63) is 16.7 Å². The molecule has 0 amide bonds. The first-order chi connectivity index (χ1) is 8.16. The first-order valence-corrected chi connectivity index (χ1v) is 6.73. The van der Waals surface area contributed by atoms with Crippen molar-refractivity contribution >= 4 is 5.82 Å². The number of nitrogens with zero attached hydrogens (tertiary/aromatic N) is 1. The highest BCUT2D eigenvalue weighted by atomic mass is 16.1. The van der Waals surface area contributed by atoms with Crippen molar-refractivity contribution in [2.75, 3.05) is 5.73 Å². The summed E-state index contributed by atoms with van der Waals surface area (Å²) in [6, 6.07) is 0. The molecule has 0 saturated heterocycles. The van der Waals surface area contributed by atoms with Crippen LogP contribution in [-0.2, 0) is 5.54 Å². The third kappa shape index (κ3) is 1.21. The standard InChI is InChI=1S/C13H19N3O/c14-11-7-15-12(17)16(11)13-4-8-1-9(5-13)3-10(2-8)6-13/h7-10H,1-6,14H2,(H,15,17). The van der Waals surface area contributed by atoms with Gasteiger partial charge in [0.15, 0.2) is 0 Å². The lowest BCUT2D eigenvalue weighted by Crippen LogP contribution is -2.54. The topological polar surface area (TPSA) is 63.8 Å². The lowest BCUT2D eigenvalue weighted by Gasteiger charge is -2.57. The maximum atomic E-state index is 12.0. The molecule has 0 radical (unpaired) electrons. The molecule has 4 aliphatic rings. The zero-order chi connectivity index (χ0) is 11.6. The second kappa shape index (κ2) is 2.98. The van der Waals surface area contributed by atoms with E-state index >= 15 is 0 Å². The molecule has 4 saturated carbocycles. The van der Waals surface area contributed by atoms with E-state index in [4.69, 9.17) is 5.73 Å². The van der Waals surface area contributed by atoms with Gasteiger partial charge in [0.2, 0.25) is 0 Å². The quantitative estimate of drug-likeness (QED) is 0.775. The molecule has 4 nitrogen and oxygen atoms in total. The predicted octanol–water partition coefficient (Wildman–Crippen LogP) is 1.68. The summed E-state index contributed by atoms with van der Waals surface area (Å²) in [5.74, 6) is 3.13. The zero-order valence-corrected chi connectivity index (χ0v) is 9.98. The van der Waals surface area contributed by atoms with Gasteiger partial charge in [-0.15, -0.1) is 0 Å². The maximum absolute atomic E-state index is 12.0. The molecule has 1 heterocycles. The molecule has 0 aromatic carbocycles. The summed E-state index contributed by atoms with van der Waals surface area (Å²) in [5.41, 5.74) is 6.04. The van der Waals surface area contributed by atoms with Gasteiger partial charge < -0.3 is 10.7 Å². The van der Waals surface area contributed by atoms with E-state index in [0.717, 1.165) is 17.8 Å². The molecule has 17 heavy (non-hydrogen) atoms. The number of anilines is 1. The molecule has 4 aliphatic carbocycles. The van der Waals surface area contributed by atoms with Crippen molar-refractivity contribution in [1.82, 2.24) is 9.55 Å². The molecule has 4 fully saturated rings. The molecule has 1 aromatic heterocycles. The smallest absolute Gasteiger partial charge is 0.327 e. The summed E-state index contributed by atoms with van der Waals surface area (Å²) in [7, 11) is 0. The normalized spacial score (nSPS) is 43.2. The Morgan fingerprint density at radius 2 is 1.71 bits per heavy atom. The van der Waals surface area contributed by atoms with E-state index in [-0.39, 0.29) is 11.2 Å². The zero-order valence-electron chi connectivity index (χ0n) is 9.98. The molecule has 4 heteroatoms. The van der Waals surface area contributed by atoms with E-state index in [2.05, 4.69) is 4.98 Å². The van der Waals surface area contributed by atoms with Gasteiger partial charge in [-0.3, -0.25) is 4.57 Å². The van der Waals surface area contributed by atoms with Crippen LogP contribution >= 0.6 is 0 Å². The summed E-state index contributed by atoms with van der Waals surface area (Å²) >= 11 is 0. The number of imidazole rings is 1. The third-order valence-corrected chi connectivity index (χ3v) is 5.29. The Kier molecular flexibility index (Phi) is 1.72. The minimum absolute atomic E-state index is 0.00977. The van der Waals surface area contributed by atoms with E-state index in [1.54, 1.807) is 6.20 Å². The fourth-order valence-corrected chi connectivity index (χ4v) is 5.21. The van der Waals surface area contributed by atoms with Crippen LogP contribution in [-0.4, -0.2) is 9.55 Å². The van der Waals surface area contributed by atoms with Gasteiger partial charge in [0, 0.05) is 6.20 Å². The van der Waals surface area contributed by atoms with Gasteiger partial charge in [-0.25, -0.2) is 4.79 Å². The second-order valence-corrected chi connectivity index (χ2v) is 6.50. The number of hydrogen-bond donors (Lipinski definition) is 2. The SMILES string of the molecule is Nc1c[nH]c(=O)n1C12CC3CC(CC(C3)C1)C2. The van der Waals surface area contributed by atoms with Gasteiger partial charge in [-0.1, -0.05) is 0 Å². The van der Waals surface area contributed by atoms with E-state index in [1.165, 1.54) is 38.5 Å². The molecule has 0 atom stereocenters. The van der Waals surface area contributed by atoms with Crippen molar-refractivity contribution in [2.24, 2.45) is 17.8 Å². The van der Waals surface area contributed by atoms with Gasteiger partial charge in [-0.05, 0) is 56.3 Å². The number of H-pyrrole nitrogens is 1. The number of hydrogen-bond acceptors (Lipinski definition) is 2. The average Bonchev–Trinajstić information content (AvgIpc) is 2.56. The van der Waals surface area contributed by atoms with Crippen LogP contribution in [0, 0.1) is 17.8 Å². The average molecular weight is 233 g/mol. The van der Waals surface area contributed by atoms with Crippen molar-refractivity contribution in [1.29, 1.82) is 0 Å². The van der Waals surface area contributed by atoms with E-state index < -0.39 is 0 Å². The number of nitrogens with one attached hydrogen (secondary N) is 1. The van der Waals surface area contributed by atoms with Crippen LogP contribution in [0.3, 0.4) is 0 Å². The Hall–Kier alpha value is -1.19. The Labute approximate surface area is 100 Å². The highest BCUT2D eigenvalue weighted by Crippen LogP contribution is 2.58. The molecule has 3 N–H and O–H groups in total. The molecule has 0 aliphatic heterocycles. The van der Waals surface area contributed by atoms with Crippen LogP contribution in [0.4, 0.5) is 5.82 Å². The first-order valence-electron chi connectivity index (χ1n) is 6.73. The number of nitrogen functional groups attached to an aromatic ring is 1. The van der Waals surface area contributed by atoms with Gasteiger partial charge in [0.25, 0.3) is 0 Å². The van der Waals surface area contributed by atoms with Crippen LogP contribution in [0.15, 0.2) is 11.0 Å². The van der Waals surface area contributed by atoms with Crippen LogP contribution in [0.2, 0.25) is 0 Å². The molecule has 4 bridgehead atoms. The minimum atomic E-state index is -0.00977. The molecule has 5 rings (SSSR count). The maximum Gasteiger partial charge on any atom is 0.327 e. The number of nitrogens with two attached hydrogens (primary N) is 1. The fourth-order valence-electron chi connectivity index (χ4n) is 5.21. The fraction of sp³-hybridized carbons (Fsp3) is 0.769. The Morgan fingerprint density at radius 1 is 1.18 bits per heavy atom. The van der Waals surface area contributed by atoms with Crippen molar-refractivity contribution < 1.29 is 0 Å². The van der Waals surface area contributed by atoms with Crippen LogP contribution in [0.5, 0.6) is 0 Å².